The fourth-order valence-electron chi connectivity index (χ4n) is 3.09. The van der Waals surface area contributed by atoms with E-state index in [1.165, 1.54) is 0 Å². The standard InChI is InChI=1S/C20H24N6O2.2ClH/c1-2-6-18(7-3-1)26-20(22-23-24-26)28-19-8-4-5-17(15-19)16-21-9-10-25-11-13-27-14-12-25;;/h1-8,15,21H,9-14,16H2;2*1H/p-2. The number of morpholine rings is 1. The normalized spacial score (nSPS) is 13.9. The molecule has 4 rings (SSSR count). The maximum absolute atomic E-state index is 5.92. The van der Waals surface area contributed by atoms with Gasteiger partial charge >= 0.3 is 6.01 Å². The molecule has 162 valence electrons. The van der Waals surface area contributed by atoms with Crippen molar-refractivity contribution in [2.75, 3.05) is 39.4 Å². The van der Waals surface area contributed by atoms with Gasteiger partial charge in [-0.05, 0) is 40.3 Å². The van der Waals surface area contributed by atoms with E-state index in [4.69, 9.17) is 9.47 Å². The molecule has 1 N–H and O–H groups in total. The van der Waals surface area contributed by atoms with Crippen LogP contribution in [0.3, 0.4) is 0 Å². The molecule has 1 aromatic heterocycles. The fraction of sp³-hybridized carbons (Fsp3) is 0.350. The highest BCUT2D eigenvalue weighted by molar-refractivity contribution is 5.34. The van der Waals surface area contributed by atoms with Crippen molar-refractivity contribution in [3.05, 3.63) is 60.2 Å². The van der Waals surface area contributed by atoms with Gasteiger partial charge in [-0.25, -0.2) is 0 Å². The van der Waals surface area contributed by atoms with Crippen molar-refractivity contribution in [2.24, 2.45) is 0 Å². The summed E-state index contributed by atoms with van der Waals surface area (Å²) in [4.78, 5) is 2.42. The first-order valence-electron chi connectivity index (χ1n) is 9.50. The topological polar surface area (TPSA) is 77.3 Å². The van der Waals surface area contributed by atoms with Gasteiger partial charge in [0.25, 0.3) is 0 Å². The van der Waals surface area contributed by atoms with Gasteiger partial charge in [0.15, 0.2) is 0 Å². The van der Waals surface area contributed by atoms with Crippen LogP contribution in [0.25, 0.3) is 5.69 Å². The van der Waals surface area contributed by atoms with Crippen molar-refractivity contribution in [1.82, 2.24) is 30.4 Å². The lowest BCUT2D eigenvalue weighted by Gasteiger charge is -2.26. The van der Waals surface area contributed by atoms with Gasteiger partial charge in [0.2, 0.25) is 0 Å². The maximum atomic E-state index is 5.92. The molecule has 0 aliphatic carbocycles. The number of nitrogens with zero attached hydrogens (tertiary/aromatic N) is 5. The average Bonchev–Trinajstić information content (AvgIpc) is 3.21. The van der Waals surface area contributed by atoms with Gasteiger partial charge in [0, 0.05) is 32.7 Å². The van der Waals surface area contributed by atoms with Crippen LogP contribution in [0, 0.1) is 0 Å². The van der Waals surface area contributed by atoms with Crippen LogP contribution in [0.1, 0.15) is 5.56 Å². The van der Waals surface area contributed by atoms with Crippen molar-refractivity contribution in [2.45, 2.75) is 6.54 Å². The largest absolute Gasteiger partial charge is 1.00 e. The van der Waals surface area contributed by atoms with Gasteiger partial charge in [0.05, 0.1) is 18.9 Å². The number of benzene rings is 2. The van der Waals surface area contributed by atoms with Crippen molar-refractivity contribution in [3.63, 3.8) is 0 Å². The molecule has 30 heavy (non-hydrogen) atoms. The Labute approximate surface area is 188 Å². The lowest BCUT2D eigenvalue weighted by atomic mass is 10.2. The van der Waals surface area contributed by atoms with Crippen LogP contribution in [0.5, 0.6) is 11.8 Å². The first-order valence-corrected chi connectivity index (χ1v) is 9.50. The lowest BCUT2D eigenvalue weighted by molar-refractivity contribution is -0.001000. The Bertz CT molecular complexity index is 874. The quantitative estimate of drug-likeness (QED) is 0.349. The van der Waals surface area contributed by atoms with Crippen LogP contribution in [0.15, 0.2) is 54.6 Å². The molecule has 8 nitrogen and oxygen atoms in total. The number of aromatic nitrogens is 4. The second kappa shape index (κ2) is 12.5. The molecule has 0 amide bonds. The Morgan fingerprint density at radius 3 is 2.60 bits per heavy atom. The number of para-hydroxylation sites is 1. The third kappa shape index (κ3) is 6.65. The van der Waals surface area contributed by atoms with Crippen LogP contribution in [-0.4, -0.2) is 64.5 Å². The Kier molecular flexibility index (Phi) is 9.99. The Balaban J connectivity index is 0.00000160. The summed E-state index contributed by atoms with van der Waals surface area (Å²) in [6.45, 7) is 6.46. The highest BCUT2D eigenvalue weighted by Crippen LogP contribution is 2.22. The minimum Gasteiger partial charge on any atom is -1.00 e. The Morgan fingerprint density at radius 1 is 1.00 bits per heavy atom. The van der Waals surface area contributed by atoms with Crippen LogP contribution >= 0.6 is 0 Å². The molecular weight excluding hydrogens is 427 g/mol. The third-order valence-electron chi connectivity index (χ3n) is 4.59. The number of hydrogen-bond acceptors (Lipinski definition) is 7. The van der Waals surface area contributed by atoms with Crippen LogP contribution in [0.2, 0.25) is 0 Å². The zero-order valence-corrected chi connectivity index (χ0v) is 18.0. The molecule has 0 atom stereocenters. The van der Waals surface area contributed by atoms with E-state index in [1.807, 2.05) is 48.5 Å². The number of nitrogens with one attached hydrogen (secondary N) is 1. The summed E-state index contributed by atoms with van der Waals surface area (Å²) < 4.78 is 12.9. The van der Waals surface area contributed by atoms with E-state index < -0.39 is 0 Å². The van der Waals surface area contributed by atoms with E-state index in [-0.39, 0.29) is 24.8 Å². The molecule has 1 fully saturated rings. The van der Waals surface area contributed by atoms with Crippen molar-refractivity contribution >= 4 is 0 Å². The second-order valence-corrected chi connectivity index (χ2v) is 6.59. The highest BCUT2D eigenvalue weighted by atomic mass is 35.5. The van der Waals surface area contributed by atoms with E-state index in [9.17, 15) is 0 Å². The van der Waals surface area contributed by atoms with Crippen molar-refractivity contribution in [3.8, 4) is 17.4 Å². The van der Waals surface area contributed by atoms with E-state index in [1.54, 1.807) is 4.68 Å². The van der Waals surface area contributed by atoms with Gasteiger partial charge in [-0.2, -0.15) is 4.68 Å². The van der Waals surface area contributed by atoms with Crippen molar-refractivity contribution in [1.29, 1.82) is 0 Å². The van der Waals surface area contributed by atoms with E-state index in [2.05, 4.69) is 31.8 Å². The summed E-state index contributed by atoms with van der Waals surface area (Å²) in [5.41, 5.74) is 2.00. The molecule has 0 saturated carbocycles. The molecule has 0 radical (unpaired) electrons. The van der Waals surface area contributed by atoms with E-state index in [0.717, 1.165) is 57.2 Å². The van der Waals surface area contributed by atoms with Gasteiger partial charge < -0.3 is 39.6 Å². The summed E-state index contributed by atoms with van der Waals surface area (Å²) in [6, 6.07) is 18.0. The molecule has 2 heterocycles. The average molecular weight is 451 g/mol. The number of tetrazole rings is 1. The monoisotopic (exact) mass is 450 g/mol. The minimum absolute atomic E-state index is 0. The minimum atomic E-state index is 0. The fourth-order valence-corrected chi connectivity index (χ4v) is 3.09. The summed E-state index contributed by atoms with van der Waals surface area (Å²) in [7, 11) is 0. The first kappa shape index (κ1) is 24.0. The molecule has 1 aliphatic heterocycles. The molecule has 1 saturated heterocycles. The SMILES string of the molecule is [Cl-].[Cl-].c1ccc(-n2nnnc2Oc2cccc(CNCCN3CCOCC3)c2)cc1. The van der Waals surface area contributed by atoms with Gasteiger partial charge in [-0.1, -0.05) is 35.4 Å². The number of ether oxygens (including phenoxy) is 2. The zero-order chi connectivity index (χ0) is 19.0. The molecule has 0 unspecified atom stereocenters. The number of halogens is 2. The molecule has 3 aromatic rings. The predicted octanol–water partition coefficient (Wildman–Crippen LogP) is -4.12. The maximum Gasteiger partial charge on any atom is 0.345 e. The Hall–Kier alpha value is -2.23. The summed E-state index contributed by atoms with van der Waals surface area (Å²) in [5.74, 6) is 0.708. The summed E-state index contributed by atoms with van der Waals surface area (Å²) in [5, 5.41) is 15.2. The molecule has 10 heteroatoms. The summed E-state index contributed by atoms with van der Waals surface area (Å²) >= 11 is 0. The summed E-state index contributed by atoms with van der Waals surface area (Å²) in [6.07, 6.45) is 0. The van der Waals surface area contributed by atoms with Gasteiger partial charge in [-0.15, -0.1) is 0 Å². The van der Waals surface area contributed by atoms with Crippen LogP contribution in [-0.2, 0) is 11.3 Å². The third-order valence-corrected chi connectivity index (χ3v) is 4.59. The highest BCUT2D eigenvalue weighted by Gasteiger charge is 2.11. The number of rotatable bonds is 8. The van der Waals surface area contributed by atoms with Crippen molar-refractivity contribution < 1.29 is 34.3 Å². The molecule has 0 bridgehead atoms. The zero-order valence-electron chi connectivity index (χ0n) is 16.5. The second-order valence-electron chi connectivity index (χ2n) is 6.59. The lowest BCUT2D eigenvalue weighted by Crippen LogP contribution is -3.00. The first-order chi connectivity index (χ1) is 13.9. The molecule has 1 aliphatic rings. The molecule has 2 aromatic carbocycles. The van der Waals surface area contributed by atoms with E-state index >= 15 is 0 Å². The Morgan fingerprint density at radius 2 is 1.80 bits per heavy atom. The van der Waals surface area contributed by atoms with E-state index in [0.29, 0.717) is 11.8 Å². The number of hydrogen-bond donors (Lipinski definition) is 1. The van der Waals surface area contributed by atoms with Crippen LogP contribution < -0.4 is 34.9 Å². The molecule has 0 spiro atoms. The van der Waals surface area contributed by atoms with Crippen LogP contribution in [0.4, 0.5) is 0 Å². The van der Waals surface area contributed by atoms with Gasteiger partial charge in [-0.3, -0.25) is 4.90 Å². The van der Waals surface area contributed by atoms with Gasteiger partial charge in [0.1, 0.15) is 5.75 Å². The smallest absolute Gasteiger partial charge is 0.345 e. The predicted molar refractivity (Wildman–Crippen MR) is 105 cm³/mol. The molecular formula is C20H24Cl2N6O2-2.